The summed E-state index contributed by atoms with van der Waals surface area (Å²) >= 11 is 0. The summed E-state index contributed by atoms with van der Waals surface area (Å²) in [5, 5.41) is 13.3. The van der Waals surface area contributed by atoms with Gasteiger partial charge in [0.15, 0.2) is 0 Å². The molecule has 1 fully saturated rings. The summed E-state index contributed by atoms with van der Waals surface area (Å²) in [5.41, 5.74) is 1.08. The standard InChI is InChI=1S/C21H23N3O5S/c25-21(15-8-16-6-11-19(12-7-16)24(26)27)22-17-9-13-20(14-10-17)30(28,29)23-18-4-2-1-3-5-18/h6-15,18,23H,1-5H2,(H,22,25)/b15-8+. The smallest absolute Gasteiger partial charge is 0.269 e. The minimum Gasteiger partial charge on any atom is -0.323 e. The van der Waals surface area contributed by atoms with Gasteiger partial charge in [-0.1, -0.05) is 19.3 Å². The molecule has 1 aliphatic carbocycles. The number of carbonyl (C=O) groups excluding carboxylic acids is 1. The molecule has 0 saturated heterocycles. The first-order valence-corrected chi connectivity index (χ1v) is 11.2. The highest BCUT2D eigenvalue weighted by atomic mass is 32.2. The molecule has 1 aliphatic rings. The van der Waals surface area contributed by atoms with Crippen molar-refractivity contribution >= 4 is 33.4 Å². The van der Waals surface area contributed by atoms with Crippen molar-refractivity contribution in [1.29, 1.82) is 0 Å². The Morgan fingerprint density at radius 2 is 1.63 bits per heavy atom. The molecular formula is C21H23N3O5S. The number of hydrogen-bond donors (Lipinski definition) is 2. The third-order valence-corrected chi connectivity index (χ3v) is 6.43. The molecule has 0 unspecified atom stereocenters. The minimum absolute atomic E-state index is 0.0207. The Kier molecular flexibility index (Phi) is 6.96. The number of nitro groups is 1. The van der Waals surface area contributed by atoms with Crippen LogP contribution in [0.15, 0.2) is 59.5 Å². The third kappa shape index (κ3) is 5.98. The van der Waals surface area contributed by atoms with Crippen molar-refractivity contribution in [3.05, 3.63) is 70.3 Å². The quantitative estimate of drug-likeness (QED) is 0.394. The molecule has 9 heteroatoms. The molecule has 0 aliphatic heterocycles. The van der Waals surface area contributed by atoms with E-state index in [-0.39, 0.29) is 16.6 Å². The second-order valence-corrected chi connectivity index (χ2v) is 8.87. The third-order valence-electron chi connectivity index (χ3n) is 4.89. The number of nitro benzene ring substituents is 1. The summed E-state index contributed by atoms with van der Waals surface area (Å²) in [6, 6.07) is 11.8. The molecule has 1 amide bonds. The van der Waals surface area contributed by atoms with Crippen molar-refractivity contribution < 1.29 is 18.1 Å². The van der Waals surface area contributed by atoms with Crippen molar-refractivity contribution in [2.75, 3.05) is 5.32 Å². The maximum atomic E-state index is 12.5. The normalized spacial score (nSPS) is 15.2. The predicted octanol–water partition coefficient (Wildman–Crippen LogP) is 3.86. The lowest BCUT2D eigenvalue weighted by Crippen LogP contribution is -2.36. The van der Waals surface area contributed by atoms with Crippen LogP contribution in [-0.4, -0.2) is 25.3 Å². The van der Waals surface area contributed by atoms with Crippen LogP contribution in [0.4, 0.5) is 11.4 Å². The Balaban J connectivity index is 1.57. The maximum Gasteiger partial charge on any atom is 0.269 e. The van der Waals surface area contributed by atoms with Crippen molar-refractivity contribution in [2.24, 2.45) is 0 Å². The molecule has 30 heavy (non-hydrogen) atoms. The number of sulfonamides is 1. The Morgan fingerprint density at radius 3 is 2.23 bits per heavy atom. The monoisotopic (exact) mass is 429 g/mol. The number of amides is 1. The van der Waals surface area contributed by atoms with E-state index in [1.807, 2.05) is 0 Å². The molecule has 0 radical (unpaired) electrons. The number of nitrogens with zero attached hydrogens (tertiary/aromatic N) is 1. The van der Waals surface area contributed by atoms with Gasteiger partial charge >= 0.3 is 0 Å². The maximum absolute atomic E-state index is 12.5. The zero-order valence-electron chi connectivity index (χ0n) is 16.3. The van der Waals surface area contributed by atoms with E-state index >= 15 is 0 Å². The van der Waals surface area contributed by atoms with Crippen molar-refractivity contribution in [3.63, 3.8) is 0 Å². The van der Waals surface area contributed by atoms with Crippen molar-refractivity contribution in [2.45, 2.75) is 43.0 Å². The molecule has 8 nitrogen and oxygen atoms in total. The van der Waals surface area contributed by atoms with Crippen LogP contribution in [0.3, 0.4) is 0 Å². The van der Waals surface area contributed by atoms with Crippen molar-refractivity contribution in [3.8, 4) is 0 Å². The summed E-state index contributed by atoms with van der Waals surface area (Å²) in [6.45, 7) is 0. The average Bonchev–Trinajstić information content (AvgIpc) is 2.73. The Morgan fingerprint density at radius 1 is 1.00 bits per heavy atom. The van der Waals surface area contributed by atoms with E-state index in [0.29, 0.717) is 11.3 Å². The highest BCUT2D eigenvalue weighted by Crippen LogP contribution is 2.21. The Hall–Kier alpha value is -3.04. The van der Waals surface area contributed by atoms with Crippen molar-refractivity contribution in [1.82, 2.24) is 4.72 Å². The van der Waals surface area contributed by atoms with E-state index in [9.17, 15) is 23.3 Å². The molecule has 0 aromatic heterocycles. The first kappa shape index (κ1) is 21.7. The van der Waals surface area contributed by atoms with Gasteiger partial charge in [-0.05, 0) is 60.9 Å². The summed E-state index contributed by atoms with van der Waals surface area (Å²) in [5.74, 6) is -0.399. The SMILES string of the molecule is O=C(/C=C/c1ccc([N+](=O)[O-])cc1)Nc1ccc(S(=O)(=O)NC2CCCCC2)cc1. The van der Waals surface area contributed by atoms with Gasteiger partial charge in [0, 0.05) is 29.9 Å². The Labute approximate surface area is 175 Å². The van der Waals surface area contributed by atoms with Crippen LogP contribution in [-0.2, 0) is 14.8 Å². The fraction of sp³-hybridized carbons (Fsp3) is 0.286. The molecule has 0 spiro atoms. The van der Waals surface area contributed by atoms with Crippen LogP contribution in [0.2, 0.25) is 0 Å². The van der Waals surface area contributed by atoms with Crippen LogP contribution < -0.4 is 10.0 Å². The molecule has 1 saturated carbocycles. The molecule has 2 N–H and O–H groups in total. The second kappa shape index (κ2) is 9.64. The number of nitrogens with one attached hydrogen (secondary N) is 2. The van der Waals surface area contributed by atoms with Gasteiger partial charge in [-0.2, -0.15) is 0 Å². The fourth-order valence-electron chi connectivity index (χ4n) is 3.29. The van der Waals surface area contributed by atoms with E-state index < -0.39 is 20.9 Å². The van der Waals surface area contributed by atoms with Gasteiger partial charge in [0.05, 0.1) is 9.82 Å². The number of hydrogen-bond acceptors (Lipinski definition) is 5. The summed E-state index contributed by atoms with van der Waals surface area (Å²) < 4.78 is 27.8. The molecule has 158 valence electrons. The minimum atomic E-state index is -3.59. The number of non-ortho nitro benzene ring substituents is 1. The van der Waals surface area contributed by atoms with Gasteiger partial charge in [0.2, 0.25) is 15.9 Å². The predicted molar refractivity (Wildman–Crippen MR) is 114 cm³/mol. The molecule has 2 aromatic rings. The molecule has 0 bridgehead atoms. The zero-order valence-corrected chi connectivity index (χ0v) is 17.1. The topological polar surface area (TPSA) is 118 Å². The number of benzene rings is 2. The van der Waals surface area contributed by atoms with Gasteiger partial charge < -0.3 is 5.32 Å². The number of anilines is 1. The van der Waals surface area contributed by atoms with Gasteiger partial charge in [-0.15, -0.1) is 0 Å². The lowest BCUT2D eigenvalue weighted by Gasteiger charge is -2.22. The van der Waals surface area contributed by atoms with E-state index in [2.05, 4.69) is 10.0 Å². The van der Waals surface area contributed by atoms with Gasteiger partial charge in [0.1, 0.15) is 0 Å². The zero-order chi connectivity index (χ0) is 21.6. The van der Waals surface area contributed by atoms with E-state index in [1.54, 1.807) is 12.1 Å². The molecule has 3 rings (SSSR count). The van der Waals surface area contributed by atoms with Gasteiger partial charge in [-0.25, -0.2) is 13.1 Å². The van der Waals surface area contributed by atoms with E-state index in [0.717, 1.165) is 32.1 Å². The number of carbonyl (C=O) groups is 1. The van der Waals surface area contributed by atoms with Crippen LogP contribution in [0, 0.1) is 10.1 Å². The van der Waals surface area contributed by atoms with E-state index in [4.69, 9.17) is 0 Å². The molecule has 0 heterocycles. The van der Waals surface area contributed by atoms with Gasteiger partial charge in [0.25, 0.3) is 5.69 Å². The van der Waals surface area contributed by atoms with E-state index in [1.165, 1.54) is 48.6 Å². The fourth-order valence-corrected chi connectivity index (χ4v) is 4.59. The van der Waals surface area contributed by atoms with Crippen LogP contribution in [0.1, 0.15) is 37.7 Å². The lowest BCUT2D eigenvalue weighted by molar-refractivity contribution is -0.384. The summed E-state index contributed by atoms with van der Waals surface area (Å²) in [6.07, 6.45) is 7.76. The Bertz CT molecular complexity index is 1030. The number of rotatable bonds is 7. The first-order chi connectivity index (χ1) is 14.3. The van der Waals surface area contributed by atoms with Crippen LogP contribution in [0.5, 0.6) is 0 Å². The lowest BCUT2D eigenvalue weighted by atomic mass is 9.96. The first-order valence-electron chi connectivity index (χ1n) is 9.69. The van der Waals surface area contributed by atoms with Gasteiger partial charge in [-0.3, -0.25) is 14.9 Å². The highest BCUT2D eigenvalue weighted by Gasteiger charge is 2.21. The second-order valence-electron chi connectivity index (χ2n) is 7.15. The summed E-state index contributed by atoms with van der Waals surface area (Å²) in [7, 11) is -3.59. The highest BCUT2D eigenvalue weighted by molar-refractivity contribution is 7.89. The molecular weight excluding hydrogens is 406 g/mol. The largest absolute Gasteiger partial charge is 0.323 e. The van der Waals surface area contributed by atoms with Crippen LogP contribution in [0.25, 0.3) is 6.08 Å². The molecule has 2 aromatic carbocycles. The summed E-state index contributed by atoms with van der Waals surface area (Å²) in [4.78, 5) is 22.4. The van der Waals surface area contributed by atoms with Crippen LogP contribution >= 0.6 is 0 Å². The molecule has 0 atom stereocenters. The average molecular weight is 429 g/mol.